The summed E-state index contributed by atoms with van der Waals surface area (Å²) in [6.07, 6.45) is -1.10. The largest absolute Gasteiger partial charge is 0.496 e. The summed E-state index contributed by atoms with van der Waals surface area (Å²) in [6, 6.07) is 8.88. The van der Waals surface area contributed by atoms with Gasteiger partial charge in [0.1, 0.15) is 11.3 Å². The molecule has 2 aromatic rings. The first-order valence-electron chi connectivity index (χ1n) is 8.52. The number of amides is 2. The van der Waals surface area contributed by atoms with E-state index in [1.807, 2.05) is 0 Å². The highest BCUT2D eigenvalue weighted by atomic mass is 16.6. The Labute approximate surface area is 167 Å². The summed E-state index contributed by atoms with van der Waals surface area (Å²) in [5.41, 5.74) is 5.99. The number of carbonyl (C=O) groups excluding carboxylic acids is 3. The maximum absolute atomic E-state index is 12.5. The van der Waals surface area contributed by atoms with E-state index in [2.05, 4.69) is 5.32 Å². The number of methoxy groups -OCH3 is 3. The van der Waals surface area contributed by atoms with E-state index in [-0.39, 0.29) is 11.3 Å². The minimum Gasteiger partial charge on any atom is -0.496 e. The van der Waals surface area contributed by atoms with Crippen LogP contribution in [0, 0.1) is 0 Å². The van der Waals surface area contributed by atoms with Gasteiger partial charge in [-0.05, 0) is 31.2 Å². The molecule has 0 bridgehead atoms. The molecule has 0 heterocycles. The minimum atomic E-state index is -1.10. The second kappa shape index (κ2) is 9.45. The number of nitrogens with one attached hydrogen (secondary N) is 1. The molecule has 0 aliphatic carbocycles. The van der Waals surface area contributed by atoms with E-state index < -0.39 is 23.9 Å². The maximum atomic E-state index is 12.5. The van der Waals surface area contributed by atoms with Crippen molar-refractivity contribution in [3.63, 3.8) is 0 Å². The van der Waals surface area contributed by atoms with Gasteiger partial charge in [-0.15, -0.1) is 0 Å². The van der Waals surface area contributed by atoms with Gasteiger partial charge in [-0.1, -0.05) is 0 Å². The van der Waals surface area contributed by atoms with Crippen molar-refractivity contribution in [2.24, 2.45) is 5.73 Å². The molecule has 1 atom stereocenters. The van der Waals surface area contributed by atoms with Gasteiger partial charge in [-0.25, -0.2) is 4.79 Å². The Bertz CT molecular complexity index is 910. The van der Waals surface area contributed by atoms with E-state index in [9.17, 15) is 14.4 Å². The van der Waals surface area contributed by atoms with Crippen molar-refractivity contribution in [1.29, 1.82) is 0 Å². The summed E-state index contributed by atoms with van der Waals surface area (Å²) < 4.78 is 20.8. The van der Waals surface area contributed by atoms with Crippen LogP contribution in [0.4, 0.5) is 5.69 Å². The van der Waals surface area contributed by atoms with Crippen molar-refractivity contribution in [2.75, 3.05) is 26.6 Å². The van der Waals surface area contributed by atoms with Gasteiger partial charge in [-0.3, -0.25) is 9.59 Å². The van der Waals surface area contributed by atoms with E-state index >= 15 is 0 Å². The van der Waals surface area contributed by atoms with Crippen molar-refractivity contribution >= 4 is 23.5 Å². The third-order valence-corrected chi connectivity index (χ3v) is 4.02. The maximum Gasteiger partial charge on any atom is 0.342 e. The number of esters is 1. The fraction of sp³-hybridized carbons (Fsp3) is 0.250. The number of hydrogen-bond acceptors (Lipinski definition) is 7. The van der Waals surface area contributed by atoms with E-state index in [4.69, 9.17) is 24.7 Å². The number of nitrogens with two attached hydrogens (primary N) is 1. The first-order valence-corrected chi connectivity index (χ1v) is 8.52. The lowest BCUT2D eigenvalue weighted by molar-refractivity contribution is -0.123. The van der Waals surface area contributed by atoms with Crippen molar-refractivity contribution in [3.8, 4) is 17.2 Å². The zero-order valence-electron chi connectivity index (χ0n) is 16.5. The number of carbonyl (C=O) groups is 3. The van der Waals surface area contributed by atoms with Crippen molar-refractivity contribution < 1.29 is 33.3 Å². The van der Waals surface area contributed by atoms with Crippen LogP contribution < -0.4 is 25.3 Å². The average Bonchev–Trinajstić information content (AvgIpc) is 2.72. The second-order valence-corrected chi connectivity index (χ2v) is 5.89. The molecule has 0 aliphatic heterocycles. The summed E-state index contributed by atoms with van der Waals surface area (Å²) in [6.45, 7) is 1.43. The number of ether oxygens (including phenoxy) is 4. The molecule has 0 fully saturated rings. The first kappa shape index (κ1) is 21.5. The number of benzene rings is 2. The molecule has 1 unspecified atom stereocenters. The van der Waals surface area contributed by atoms with Crippen LogP contribution in [0.5, 0.6) is 17.2 Å². The number of anilines is 1. The molecular formula is C20H22N2O7. The molecule has 0 saturated heterocycles. The lowest BCUT2D eigenvalue weighted by Gasteiger charge is -2.16. The van der Waals surface area contributed by atoms with Gasteiger partial charge < -0.3 is 30.0 Å². The molecule has 2 amide bonds. The standard InChI is InChI=1S/C20H22N2O7/c1-11(19(24)22-13-7-5-12(6-8-13)18(21)23)29-20(25)14-9-16(27-3)17(28-4)10-15(14)26-2/h5-11H,1-4H3,(H2,21,23)(H,22,24). The van der Waals surface area contributed by atoms with Crippen molar-refractivity contribution in [2.45, 2.75) is 13.0 Å². The summed E-state index contributed by atoms with van der Waals surface area (Å²) in [7, 11) is 4.28. The third kappa shape index (κ3) is 5.16. The summed E-state index contributed by atoms with van der Waals surface area (Å²) >= 11 is 0. The molecule has 2 aromatic carbocycles. The quantitative estimate of drug-likeness (QED) is 0.647. The van der Waals surface area contributed by atoms with Crippen LogP contribution in [0.15, 0.2) is 36.4 Å². The molecule has 154 valence electrons. The summed E-state index contributed by atoms with van der Waals surface area (Å²) in [5, 5.41) is 2.59. The van der Waals surface area contributed by atoms with Gasteiger partial charge >= 0.3 is 5.97 Å². The smallest absolute Gasteiger partial charge is 0.342 e. The highest BCUT2D eigenvalue weighted by molar-refractivity contribution is 5.99. The highest BCUT2D eigenvalue weighted by Gasteiger charge is 2.24. The Morgan fingerprint density at radius 2 is 1.45 bits per heavy atom. The van der Waals surface area contributed by atoms with E-state index in [0.717, 1.165) is 0 Å². The molecule has 3 N–H and O–H groups in total. The van der Waals surface area contributed by atoms with Crippen LogP contribution in [-0.2, 0) is 9.53 Å². The molecule has 2 rings (SSSR count). The molecule has 0 aromatic heterocycles. The van der Waals surface area contributed by atoms with Crippen LogP contribution in [-0.4, -0.2) is 45.2 Å². The third-order valence-electron chi connectivity index (χ3n) is 4.02. The highest BCUT2D eigenvalue weighted by Crippen LogP contribution is 2.35. The predicted octanol–water partition coefficient (Wildman–Crippen LogP) is 2.00. The van der Waals surface area contributed by atoms with Crippen molar-refractivity contribution in [1.82, 2.24) is 0 Å². The van der Waals surface area contributed by atoms with E-state index in [1.54, 1.807) is 0 Å². The van der Waals surface area contributed by atoms with E-state index in [0.29, 0.717) is 22.7 Å². The SMILES string of the molecule is COc1cc(OC)c(C(=O)OC(C)C(=O)Nc2ccc(C(N)=O)cc2)cc1OC. The van der Waals surface area contributed by atoms with Crippen LogP contribution in [0.3, 0.4) is 0 Å². The number of hydrogen-bond donors (Lipinski definition) is 2. The Hall–Kier alpha value is -3.75. The zero-order chi connectivity index (χ0) is 21.6. The van der Waals surface area contributed by atoms with E-state index in [1.165, 1.54) is 64.7 Å². The predicted molar refractivity (Wildman–Crippen MR) is 105 cm³/mol. The molecule has 0 spiro atoms. The lowest BCUT2D eigenvalue weighted by atomic mass is 10.1. The van der Waals surface area contributed by atoms with Gasteiger partial charge in [0.05, 0.1) is 21.3 Å². The summed E-state index contributed by atoms with van der Waals surface area (Å²) in [5.74, 6) is -0.992. The van der Waals surface area contributed by atoms with Crippen LogP contribution in [0.25, 0.3) is 0 Å². The number of rotatable bonds is 8. The van der Waals surface area contributed by atoms with Gasteiger partial charge in [0.2, 0.25) is 5.91 Å². The topological polar surface area (TPSA) is 126 Å². The first-order chi connectivity index (χ1) is 13.8. The van der Waals surface area contributed by atoms with Crippen LogP contribution in [0.1, 0.15) is 27.6 Å². The Morgan fingerprint density at radius 1 is 0.897 bits per heavy atom. The molecular weight excluding hydrogens is 380 g/mol. The fourth-order valence-electron chi connectivity index (χ4n) is 2.43. The second-order valence-electron chi connectivity index (χ2n) is 5.89. The fourth-order valence-corrected chi connectivity index (χ4v) is 2.43. The minimum absolute atomic E-state index is 0.0793. The Kier molecular flexibility index (Phi) is 7.02. The van der Waals surface area contributed by atoms with Gasteiger partial charge in [0.25, 0.3) is 5.91 Å². The lowest BCUT2D eigenvalue weighted by Crippen LogP contribution is -2.30. The average molecular weight is 402 g/mol. The molecule has 9 nitrogen and oxygen atoms in total. The van der Waals surface area contributed by atoms with Gasteiger partial charge in [-0.2, -0.15) is 0 Å². The zero-order valence-corrected chi connectivity index (χ0v) is 16.5. The molecule has 0 radical (unpaired) electrons. The Morgan fingerprint density at radius 3 is 1.97 bits per heavy atom. The van der Waals surface area contributed by atoms with Gasteiger partial charge in [0, 0.05) is 23.4 Å². The van der Waals surface area contributed by atoms with Crippen molar-refractivity contribution in [3.05, 3.63) is 47.5 Å². The monoisotopic (exact) mass is 402 g/mol. The van der Waals surface area contributed by atoms with Gasteiger partial charge in [0.15, 0.2) is 17.6 Å². The molecule has 0 saturated carbocycles. The summed E-state index contributed by atoms with van der Waals surface area (Å²) in [4.78, 5) is 36.0. The number of primary amides is 1. The molecule has 9 heteroatoms. The Balaban J connectivity index is 2.11. The normalized spacial score (nSPS) is 11.2. The molecule has 29 heavy (non-hydrogen) atoms. The molecule has 0 aliphatic rings. The van der Waals surface area contributed by atoms with Crippen LogP contribution >= 0.6 is 0 Å². The van der Waals surface area contributed by atoms with Crippen LogP contribution in [0.2, 0.25) is 0 Å².